The maximum atomic E-state index is 5.68. The first kappa shape index (κ1) is 14.4. The summed E-state index contributed by atoms with van der Waals surface area (Å²) in [5.41, 5.74) is 5.68. The minimum atomic E-state index is 0.439. The number of likely N-dealkylation sites (tertiary alicyclic amines) is 1. The molecule has 2 N–H and O–H groups in total. The third kappa shape index (κ3) is 8.02. The lowest BCUT2D eigenvalue weighted by Crippen LogP contribution is -2.40. The summed E-state index contributed by atoms with van der Waals surface area (Å²) in [6.45, 7) is 10.3. The van der Waals surface area contributed by atoms with E-state index in [1.807, 2.05) is 27.7 Å². The number of rotatable bonds is 0. The molecule has 1 aliphatic heterocycles. The van der Waals surface area contributed by atoms with Crippen LogP contribution in [-0.4, -0.2) is 31.1 Å². The van der Waals surface area contributed by atoms with Crippen LogP contribution in [0.25, 0.3) is 0 Å². The molecule has 1 heterocycles. The molecule has 76 valence electrons. The molecule has 0 aromatic rings. The monoisotopic (exact) mass is 174 g/mol. The summed E-state index contributed by atoms with van der Waals surface area (Å²) in [6, 6.07) is 0.439. The van der Waals surface area contributed by atoms with Gasteiger partial charge in [-0.3, -0.25) is 0 Å². The van der Waals surface area contributed by atoms with Gasteiger partial charge in [0.2, 0.25) is 0 Å². The van der Waals surface area contributed by atoms with Gasteiger partial charge in [-0.05, 0) is 26.4 Å². The van der Waals surface area contributed by atoms with Crippen molar-refractivity contribution in [1.82, 2.24) is 4.90 Å². The van der Waals surface area contributed by atoms with Gasteiger partial charge in [-0.2, -0.15) is 0 Å². The van der Waals surface area contributed by atoms with E-state index < -0.39 is 0 Å². The van der Waals surface area contributed by atoms with Gasteiger partial charge in [-0.1, -0.05) is 27.7 Å². The van der Waals surface area contributed by atoms with E-state index in [0.717, 1.165) is 6.54 Å². The summed E-state index contributed by atoms with van der Waals surface area (Å²) in [6.07, 6.45) is 2.49. The van der Waals surface area contributed by atoms with Crippen LogP contribution in [0, 0.1) is 0 Å². The minimum Gasteiger partial charge on any atom is -0.327 e. The summed E-state index contributed by atoms with van der Waals surface area (Å²) in [5.74, 6) is 0. The smallest absolute Gasteiger partial charge is 0.0168 e. The van der Waals surface area contributed by atoms with Crippen molar-refractivity contribution in [2.75, 3.05) is 20.1 Å². The molecule has 2 nitrogen and oxygen atoms in total. The fourth-order valence-electron chi connectivity index (χ4n) is 1.21. The van der Waals surface area contributed by atoms with Crippen LogP contribution in [0.1, 0.15) is 40.5 Å². The van der Waals surface area contributed by atoms with Crippen LogP contribution in [-0.2, 0) is 0 Å². The fraction of sp³-hybridized carbons (Fsp3) is 1.00. The highest BCUT2D eigenvalue weighted by atomic mass is 15.1. The van der Waals surface area contributed by atoms with Crippen LogP contribution in [0.5, 0.6) is 0 Å². The first-order chi connectivity index (χ1) is 5.79. The molecule has 1 rings (SSSR count). The van der Waals surface area contributed by atoms with Crippen molar-refractivity contribution in [3.8, 4) is 0 Å². The van der Waals surface area contributed by atoms with E-state index >= 15 is 0 Å². The molecule has 1 aliphatic rings. The zero-order chi connectivity index (χ0) is 9.98. The second kappa shape index (κ2) is 10.9. The molecule has 1 unspecified atom stereocenters. The third-order valence-corrected chi connectivity index (χ3v) is 1.66. The van der Waals surface area contributed by atoms with Gasteiger partial charge >= 0.3 is 0 Å². The quantitative estimate of drug-likeness (QED) is 0.609. The Kier molecular flexibility index (Phi) is 13.1. The molecular weight excluding hydrogens is 148 g/mol. The zero-order valence-corrected chi connectivity index (χ0v) is 9.43. The summed E-state index contributed by atoms with van der Waals surface area (Å²) in [4.78, 5) is 2.29. The van der Waals surface area contributed by atoms with E-state index in [2.05, 4.69) is 11.9 Å². The van der Waals surface area contributed by atoms with Crippen LogP contribution in [0.3, 0.4) is 0 Å². The summed E-state index contributed by atoms with van der Waals surface area (Å²) in [7, 11) is 2.12. The van der Waals surface area contributed by atoms with Crippen molar-refractivity contribution in [1.29, 1.82) is 0 Å². The number of likely N-dealkylation sites (N-methyl/N-ethyl adjacent to an activating group) is 1. The van der Waals surface area contributed by atoms with Crippen molar-refractivity contribution >= 4 is 0 Å². The topological polar surface area (TPSA) is 29.3 Å². The highest BCUT2D eigenvalue weighted by Gasteiger charge is 2.11. The van der Waals surface area contributed by atoms with E-state index in [1.165, 1.54) is 19.4 Å². The third-order valence-electron chi connectivity index (χ3n) is 1.66. The van der Waals surface area contributed by atoms with Gasteiger partial charge < -0.3 is 10.6 Å². The minimum absolute atomic E-state index is 0.439. The van der Waals surface area contributed by atoms with Gasteiger partial charge in [0.25, 0.3) is 0 Å². The molecule has 12 heavy (non-hydrogen) atoms. The summed E-state index contributed by atoms with van der Waals surface area (Å²) < 4.78 is 0. The molecular formula is C10H26N2. The Balaban J connectivity index is 0. The molecule has 0 aliphatic carbocycles. The molecule has 2 heteroatoms. The van der Waals surface area contributed by atoms with Gasteiger partial charge in [-0.15, -0.1) is 0 Å². The average Bonchev–Trinajstić information content (AvgIpc) is 2.11. The molecule has 0 bridgehead atoms. The Morgan fingerprint density at radius 3 is 1.92 bits per heavy atom. The lowest BCUT2D eigenvalue weighted by atomic mass is 10.1. The van der Waals surface area contributed by atoms with Crippen molar-refractivity contribution in [2.24, 2.45) is 5.73 Å². The normalized spacial score (nSPS) is 23.0. The van der Waals surface area contributed by atoms with Crippen LogP contribution in [0.2, 0.25) is 0 Å². The van der Waals surface area contributed by atoms with Crippen LogP contribution in [0.4, 0.5) is 0 Å². The zero-order valence-electron chi connectivity index (χ0n) is 9.43. The highest BCUT2D eigenvalue weighted by Crippen LogP contribution is 2.04. The van der Waals surface area contributed by atoms with Crippen molar-refractivity contribution < 1.29 is 0 Å². The Hall–Kier alpha value is -0.0800. The highest BCUT2D eigenvalue weighted by molar-refractivity contribution is 4.71. The largest absolute Gasteiger partial charge is 0.327 e. The number of nitrogens with zero attached hydrogens (tertiary/aromatic N) is 1. The molecule has 0 spiro atoms. The van der Waals surface area contributed by atoms with E-state index in [0.29, 0.717) is 6.04 Å². The maximum Gasteiger partial charge on any atom is 0.0168 e. The second-order valence-electron chi connectivity index (χ2n) is 2.66. The Morgan fingerprint density at radius 2 is 1.67 bits per heavy atom. The van der Waals surface area contributed by atoms with Crippen LogP contribution in [0.15, 0.2) is 0 Å². The van der Waals surface area contributed by atoms with Crippen LogP contribution < -0.4 is 5.73 Å². The predicted molar refractivity (Wildman–Crippen MR) is 57.4 cm³/mol. The SMILES string of the molecule is CC.CC.CN1CCCC(N)C1. The van der Waals surface area contributed by atoms with E-state index in [-0.39, 0.29) is 0 Å². The molecule has 1 saturated heterocycles. The van der Waals surface area contributed by atoms with Gasteiger partial charge in [0.05, 0.1) is 0 Å². The summed E-state index contributed by atoms with van der Waals surface area (Å²) in [5, 5.41) is 0. The molecule has 0 amide bonds. The Morgan fingerprint density at radius 1 is 1.17 bits per heavy atom. The number of hydrogen-bond donors (Lipinski definition) is 1. The molecule has 1 fully saturated rings. The molecule has 0 radical (unpaired) electrons. The molecule has 0 aromatic carbocycles. The van der Waals surface area contributed by atoms with Crippen LogP contribution >= 0.6 is 0 Å². The van der Waals surface area contributed by atoms with Crippen molar-refractivity contribution in [2.45, 2.75) is 46.6 Å². The fourth-order valence-corrected chi connectivity index (χ4v) is 1.21. The van der Waals surface area contributed by atoms with Gasteiger partial charge in [-0.25, -0.2) is 0 Å². The number of hydrogen-bond acceptors (Lipinski definition) is 2. The second-order valence-corrected chi connectivity index (χ2v) is 2.66. The maximum absolute atomic E-state index is 5.68. The van der Waals surface area contributed by atoms with E-state index in [4.69, 9.17) is 5.73 Å². The van der Waals surface area contributed by atoms with E-state index in [1.54, 1.807) is 0 Å². The molecule has 0 aromatic heterocycles. The van der Waals surface area contributed by atoms with Crippen molar-refractivity contribution in [3.05, 3.63) is 0 Å². The first-order valence-corrected chi connectivity index (χ1v) is 5.23. The number of piperidine rings is 1. The van der Waals surface area contributed by atoms with Crippen molar-refractivity contribution in [3.63, 3.8) is 0 Å². The summed E-state index contributed by atoms with van der Waals surface area (Å²) >= 11 is 0. The molecule has 1 atom stereocenters. The Labute approximate surface area is 78.1 Å². The van der Waals surface area contributed by atoms with Gasteiger partial charge in [0.15, 0.2) is 0 Å². The van der Waals surface area contributed by atoms with E-state index in [9.17, 15) is 0 Å². The number of nitrogens with two attached hydrogens (primary N) is 1. The standard InChI is InChI=1S/C6H14N2.2C2H6/c1-8-4-2-3-6(7)5-8;2*1-2/h6H,2-5,7H2,1H3;2*1-2H3. The molecule has 0 saturated carbocycles. The Bertz CT molecular complexity index is 66.2. The average molecular weight is 174 g/mol. The van der Waals surface area contributed by atoms with Gasteiger partial charge in [0, 0.05) is 12.6 Å². The predicted octanol–water partition coefficient (Wildman–Crippen LogP) is 2.09. The lowest BCUT2D eigenvalue weighted by Gasteiger charge is -2.26. The lowest BCUT2D eigenvalue weighted by molar-refractivity contribution is 0.252. The first-order valence-electron chi connectivity index (χ1n) is 5.23. The van der Waals surface area contributed by atoms with Gasteiger partial charge in [0.1, 0.15) is 0 Å².